The fourth-order valence-electron chi connectivity index (χ4n) is 2.41. The Hall–Kier alpha value is -0.520. The molecule has 110 valence electrons. The van der Waals surface area contributed by atoms with Crippen LogP contribution in [0.1, 0.15) is 18.4 Å². The van der Waals surface area contributed by atoms with Gasteiger partial charge in [-0.1, -0.05) is 15.9 Å². The molecule has 2 rings (SSSR count). The third-order valence-electron chi connectivity index (χ3n) is 3.74. The van der Waals surface area contributed by atoms with Crippen LogP contribution < -0.4 is 5.32 Å². The molecule has 3 nitrogen and oxygen atoms in total. The molecule has 1 heterocycles. The average Bonchev–Trinajstić information content (AvgIpc) is 2.46. The van der Waals surface area contributed by atoms with Crippen molar-refractivity contribution in [3.05, 3.63) is 28.2 Å². The van der Waals surface area contributed by atoms with Crippen molar-refractivity contribution < 1.29 is 4.79 Å². The van der Waals surface area contributed by atoms with Gasteiger partial charge in [-0.2, -0.15) is 0 Å². The zero-order valence-electron chi connectivity index (χ0n) is 12.0. The second-order valence-electron chi connectivity index (χ2n) is 5.18. The zero-order valence-corrected chi connectivity index (χ0v) is 14.4. The smallest absolute Gasteiger partial charge is 0.232 e. The fraction of sp³-hybridized carbons (Fsp3) is 0.533. The second-order valence-corrected chi connectivity index (χ2v) is 7.12. The van der Waals surface area contributed by atoms with Gasteiger partial charge in [0.05, 0.1) is 5.75 Å². The van der Waals surface area contributed by atoms with E-state index in [0.717, 1.165) is 30.4 Å². The lowest BCUT2D eigenvalue weighted by Crippen LogP contribution is -2.44. The van der Waals surface area contributed by atoms with Crippen molar-refractivity contribution in [3.8, 4) is 0 Å². The van der Waals surface area contributed by atoms with Crippen molar-refractivity contribution in [3.63, 3.8) is 0 Å². The number of rotatable bonds is 4. The first-order chi connectivity index (χ1) is 9.58. The van der Waals surface area contributed by atoms with Crippen molar-refractivity contribution in [2.45, 2.75) is 30.7 Å². The minimum Gasteiger partial charge on any atom is -0.342 e. The fourth-order valence-corrected chi connectivity index (χ4v) is 3.82. The highest BCUT2D eigenvalue weighted by atomic mass is 79.9. The van der Waals surface area contributed by atoms with Crippen molar-refractivity contribution >= 4 is 33.6 Å². The summed E-state index contributed by atoms with van der Waals surface area (Å²) in [5.74, 6) is 0.743. The molecule has 0 saturated carbocycles. The largest absolute Gasteiger partial charge is 0.342 e. The molecule has 5 heteroatoms. The summed E-state index contributed by atoms with van der Waals surface area (Å²) in [5.41, 5.74) is 1.21. The molecule has 0 atom stereocenters. The van der Waals surface area contributed by atoms with Gasteiger partial charge in [0.25, 0.3) is 0 Å². The van der Waals surface area contributed by atoms with Gasteiger partial charge in [0.2, 0.25) is 5.91 Å². The van der Waals surface area contributed by atoms with Crippen LogP contribution in [0.25, 0.3) is 0 Å². The van der Waals surface area contributed by atoms with E-state index in [-0.39, 0.29) is 5.91 Å². The number of hydrogen-bond donors (Lipinski definition) is 1. The number of benzene rings is 1. The van der Waals surface area contributed by atoms with Gasteiger partial charge in [-0.3, -0.25) is 4.79 Å². The van der Waals surface area contributed by atoms with Crippen LogP contribution in [0.3, 0.4) is 0 Å². The SMILES string of the molecule is Cc1cc(Br)ccc1SCC(=O)N(C)C1CCNCC1. The number of carbonyl (C=O) groups is 1. The van der Waals surface area contributed by atoms with E-state index < -0.39 is 0 Å². The van der Waals surface area contributed by atoms with Crippen LogP contribution in [0.5, 0.6) is 0 Å². The molecule has 0 unspecified atom stereocenters. The number of nitrogens with zero attached hydrogens (tertiary/aromatic N) is 1. The van der Waals surface area contributed by atoms with Crippen LogP contribution in [0, 0.1) is 6.92 Å². The van der Waals surface area contributed by atoms with Crippen LogP contribution in [-0.4, -0.2) is 42.7 Å². The summed E-state index contributed by atoms with van der Waals surface area (Å²) in [4.78, 5) is 15.4. The number of piperidine rings is 1. The molecule has 1 N–H and O–H groups in total. The van der Waals surface area contributed by atoms with Crippen molar-refractivity contribution in [1.29, 1.82) is 0 Å². The Balaban J connectivity index is 1.87. The van der Waals surface area contributed by atoms with Gasteiger partial charge in [-0.05, 0) is 56.6 Å². The topological polar surface area (TPSA) is 32.3 Å². The van der Waals surface area contributed by atoms with Crippen LogP contribution in [0.2, 0.25) is 0 Å². The van der Waals surface area contributed by atoms with Gasteiger partial charge in [-0.15, -0.1) is 11.8 Å². The van der Waals surface area contributed by atoms with Crippen LogP contribution in [-0.2, 0) is 4.79 Å². The first kappa shape index (κ1) is 15.9. The van der Waals surface area contributed by atoms with Gasteiger partial charge in [0.1, 0.15) is 0 Å². The van der Waals surface area contributed by atoms with E-state index in [2.05, 4.69) is 40.3 Å². The van der Waals surface area contributed by atoms with E-state index in [1.807, 2.05) is 18.0 Å². The summed E-state index contributed by atoms with van der Waals surface area (Å²) >= 11 is 5.09. The lowest BCUT2D eigenvalue weighted by molar-refractivity contribution is -0.129. The first-order valence-corrected chi connectivity index (χ1v) is 8.71. The van der Waals surface area contributed by atoms with E-state index in [1.165, 1.54) is 10.5 Å². The predicted molar refractivity (Wildman–Crippen MR) is 88.3 cm³/mol. The number of hydrogen-bond acceptors (Lipinski definition) is 3. The van der Waals surface area contributed by atoms with Crippen LogP contribution >= 0.6 is 27.7 Å². The predicted octanol–water partition coefficient (Wildman–Crippen LogP) is 3.06. The number of aryl methyl sites for hydroxylation is 1. The van der Waals surface area contributed by atoms with Gasteiger partial charge in [-0.25, -0.2) is 0 Å². The summed E-state index contributed by atoms with van der Waals surface area (Å²) in [6.07, 6.45) is 2.12. The highest BCUT2D eigenvalue weighted by Gasteiger charge is 2.21. The minimum atomic E-state index is 0.226. The highest BCUT2D eigenvalue weighted by Crippen LogP contribution is 2.25. The van der Waals surface area contributed by atoms with Crippen LogP contribution in [0.4, 0.5) is 0 Å². The quantitative estimate of drug-likeness (QED) is 0.841. The molecule has 0 aliphatic carbocycles. The maximum Gasteiger partial charge on any atom is 0.232 e. The Kier molecular flexibility index (Phi) is 5.93. The van der Waals surface area contributed by atoms with Gasteiger partial charge in [0, 0.05) is 22.5 Å². The maximum absolute atomic E-state index is 12.3. The highest BCUT2D eigenvalue weighted by molar-refractivity contribution is 9.10. The third-order valence-corrected chi connectivity index (χ3v) is 5.39. The van der Waals surface area contributed by atoms with E-state index in [4.69, 9.17) is 0 Å². The summed E-state index contributed by atoms with van der Waals surface area (Å²) in [6, 6.07) is 6.58. The van der Waals surface area contributed by atoms with Crippen molar-refractivity contribution in [2.75, 3.05) is 25.9 Å². The van der Waals surface area contributed by atoms with Crippen molar-refractivity contribution in [2.24, 2.45) is 0 Å². The summed E-state index contributed by atoms with van der Waals surface area (Å²) in [7, 11) is 1.94. The average molecular weight is 357 g/mol. The zero-order chi connectivity index (χ0) is 14.5. The lowest BCUT2D eigenvalue weighted by atomic mass is 10.1. The molecule has 1 aromatic carbocycles. The Morgan fingerprint density at radius 2 is 2.15 bits per heavy atom. The molecule has 1 fully saturated rings. The molecule has 20 heavy (non-hydrogen) atoms. The Labute approximate surface area is 133 Å². The molecule has 1 saturated heterocycles. The molecule has 0 bridgehead atoms. The molecule has 1 amide bonds. The molecule has 0 radical (unpaired) electrons. The summed E-state index contributed by atoms with van der Waals surface area (Å²) < 4.78 is 1.08. The monoisotopic (exact) mass is 356 g/mol. The normalized spacial score (nSPS) is 16.1. The lowest BCUT2D eigenvalue weighted by Gasteiger charge is -2.31. The standard InChI is InChI=1S/C15H21BrN2OS/c1-11-9-12(16)3-4-14(11)20-10-15(19)18(2)13-5-7-17-8-6-13/h3-4,9,13,17H,5-8,10H2,1-2H3. The maximum atomic E-state index is 12.3. The van der Waals surface area contributed by atoms with E-state index >= 15 is 0 Å². The second kappa shape index (κ2) is 7.48. The first-order valence-electron chi connectivity index (χ1n) is 6.93. The number of halogens is 1. The number of thioether (sulfide) groups is 1. The van der Waals surface area contributed by atoms with Gasteiger partial charge >= 0.3 is 0 Å². The minimum absolute atomic E-state index is 0.226. The molecule has 0 spiro atoms. The molecule has 0 aromatic heterocycles. The number of carbonyl (C=O) groups excluding carboxylic acids is 1. The molecular weight excluding hydrogens is 336 g/mol. The van der Waals surface area contributed by atoms with E-state index in [1.54, 1.807) is 11.8 Å². The van der Waals surface area contributed by atoms with Crippen LogP contribution in [0.15, 0.2) is 27.6 Å². The van der Waals surface area contributed by atoms with Gasteiger partial charge in [0.15, 0.2) is 0 Å². The molecule has 1 aliphatic rings. The van der Waals surface area contributed by atoms with Gasteiger partial charge < -0.3 is 10.2 Å². The molecular formula is C15H21BrN2OS. The molecule has 1 aliphatic heterocycles. The number of amides is 1. The Bertz CT molecular complexity index is 475. The van der Waals surface area contributed by atoms with E-state index in [9.17, 15) is 4.79 Å². The Morgan fingerprint density at radius 3 is 2.80 bits per heavy atom. The summed E-state index contributed by atoms with van der Waals surface area (Å²) in [5, 5.41) is 3.33. The Morgan fingerprint density at radius 1 is 1.45 bits per heavy atom. The molecule has 1 aromatic rings. The number of nitrogens with one attached hydrogen (secondary N) is 1. The third kappa shape index (κ3) is 4.24. The summed E-state index contributed by atoms with van der Waals surface area (Å²) in [6.45, 7) is 4.11. The van der Waals surface area contributed by atoms with E-state index in [0.29, 0.717) is 11.8 Å². The van der Waals surface area contributed by atoms with Crippen molar-refractivity contribution in [1.82, 2.24) is 10.2 Å².